The summed E-state index contributed by atoms with van der Waals surface area (Å²) >= 11 is 0. The molecule has 0 aliphatic rings. The molecule has 0 amide bonds. The third-order valence-corrected chi connectivity index (χ3v) is 5.61. The highest BCUT2D eigenvalue weighted by molar-refractivity contribution is 5.38. The van der Waals surface area contributed by atoms with E-state index in [1.54, 1.807) is 12.1 Å². The highest BCUT2D eigenvalue weighted by Crippen LogP contribution is 2.24. The van der Waals surface area contributed by atoms with Crippen molar-refractivity contribution in [3.05, 3.63) is 23.8 Å². The van der Waals surface area contributed by atoms with Crippen LogP contribution in [-0.2, 0) is 6.42 Å². The van der Waals surface area contributed by atoms with Crippen molar-refractivity contribution in [1.29, 1.82) is 0 Å². The van der Waals surface area contributed by atoms with Gasteiger partial charge in [0.05, 0.1) is 0 Å². The van der Waals surface area contributed by atoms with Crippen molar-refractivity contribution in [2.45, 2.75) is 122 Å². The van der Waals surface area contributed by atoms with Crippen molar-refractivity contribution in [1.82, 2.24) is 0 Å². The van der Waals surface area contributed by atoms with Gasteiger partial charge in [0.2, 0.25) is 0 Å². The predicted octanol–water partition coefficient (Wildman–Crippen LogP) is 8.29. The first-order chi connectivity index (χ1) is 13.2. The molecule has 1 aromatic carbocycles. The van der Waals surface area contributed by atoms with Gasteiger partial charge < -0.3 is 10.2 Å². The van der Waals surface area contributed by atoms with Crippen LogP contribution < -0.4 is 0 Å². The van der Waals surface area contributed by atoms with Gasteiger partial charge in [-0.1, -0.05) is 110 Å². The topological polar surface area (TPSA) is 40.5 Å². The average molecular weight is 377 g/mol. The molecule has 0 aliphatic heterocycles. The fourth-order valence-corrected chi connectivity index (χ4v) is 3.81. The maximum atomic E-state index is 9.76. The van der Waals surface area contributed by atoms with E-state index < -0.39 is 0 Å². The zero-order valence-electron chi connectivity index (χ0n) is 17.9. The van der Waals surface area contributed by atoms with Gasteiger partial charge in [-0.15, -0.1) is 0 Å². The summed E-state index contributed by atoms with van der Waals surface area (Å²) in [5.74, 6) is 0.555. The number of phenolic OH excluding ortho intramolecular Hbond substituents is 2. The maximum Gasteiger partial charge on any atom is 0.119 e. The molecular weight excluding hydrogens is 332 g/mol. The van der Waals surface area contributed by atoms with Gasteiger partial charge in [0.1, 0.15) is 11.5 Å². The molecule has 0 saturated heterocycles. The molecule has 0 aromatic heterocycles. The number of hydrogen-bond acceptors (Lipinski definition) is 2. The third-order valence-electron chi connectivity index (χ3n) is 5.61. The minimum atomic E-state index is 0.245. The zero-order valence-corrected chi connectivity index (χ0v) is 17.9. The van der Waals surface area contributed by atoms with Gasteiger partial charge in [0.15, 0.2) is 0 Å². The molecule has 0 aliphatic carbocycles. The Hall–Kier alpha value is -1.18. The molecular formula is C25H44O2. The van der Waals surface area contributed by atoms with E-state index in [0.29, 0.717) is 5.75 Å². The number of benzene rings is 1. The number of phenols is 2. The molecule has 0 radical (unpaired) electrons. The summed E-state index contributed by atoms with van der Waals surface area (Å²) in [6.07, 6.45) is 24.3. The van der Waals surface area contributed by atoms with E-state index in [1.807, 2.05) is 0 Å². The van der Waals surface area contributed by atoms with Crippen LogP contribution in [-0.4, -0.2) is 10.2 Å². The van der Waals surface area contributed by atoms with Crippen molar-refractivity contribution in [2.24, 2.45) is 0 Å². The van der Waals surface area contributed by atoms with Crippen LogP contribution in [0.4, 0.5) is 0 Å². The Balaban J connectivity index is 1.78. The zero-order chi connectivity index (χ0) is 19.6. The first-order valence-electron chi connectivity index (χ1n) is 11.7. The molecule has 0 atom stereocenters. The van der Waals surface area contributed by atoms with Crippen LogP contribution in [0.25, 0.3) is 0 Å². The second-order valence-electron chi connectivity index (χ2n) is 8.22. The third kappa shape index (κ3) is 13.6. The molecule has 1 aromatic rings. The molecule has 2 nitrogen and oxygen atoms in total. The first-order valence-corrected chi connectivity index (χ1v) is 11.7. The second-order valence-corrected chi connectivity index (χ2v) is 8.22. The van der Waals surface area contributed by atoms with E-state index in [2.05, 4.69) is 6.92 Å². The minimum Gasteiger partial charge on any atom is -0.508 e. The van der Waals surface area contributed by atoms with Crippen molar-refractivity contribution in [3.63, 3.8) is 0 Å². The smallest absolute Gasteiger partial charge is 0.119 e. The van der Waals surface area contributed by atoms with Crippen LogP contribution in [0.1, 0.15) is 122 Å². The highest BCUT2D eigenvalue weighted by Gasteiger charge is 2.02. The van der Waals surface area contributed by atoms with E-state index in [1.165, 1.54) is 109 Å². The lowest BCUT2D eigenvalue weighted by molar-refractivity contribution is 0.452. The lowest BCUT2D eigenvalue weighted by atomic mass is 10.0. The van der Waals surface area contributed by atoms with Gasteiger partial charge in [0.25, 0.3) is 0 Å². The Morgan fingerprint density at radius 2 is 0.963 bits per heavy atom. The van der Waals surface area contributed by atoms with E-state index in [9.17, 15) is 10.2 Å². The van der Waals surface area contributed by atoms with Crippen LogP contribution >= 0.6 is 0 Å². The predicted molar refractivity (Wildman–Crippen MR) is 118 cm³/mol. The summed E-state index contributed by atoms with van der Waals surface area (Å²) in [5, 5.41) is 19.2. The molecule has 0 fully saturated rings. The summed E-state index contributed by atoms with van der Waals surface area (Å²) in [6, 6.07) is 4.80. The number of aryl methyl sites for hydroxylation is 1. The molecule has 0 unspecified atom stereocenters. The molecule has 156 valence electrons. The second kappa shape index (κ2) is 17.0. The molecule has 2 N–H and O–H groups in total. The van der Waals surface area contributed by atoms with Gasteiger partial charge in [0, 0.05) is 0 Å². The molecule has 0 heterocycles. The first kappa shape index (κ1) is 23.9. The van der Waals surface area contributed by atoms with Crippen LogP contribution in [0, 0.1) is 0 Å². The summed E-state index contributed by atoms with van der Waals surface area (Å²) in [7, 11) is 0. The van der Waals surface area contributed by atoms with E-state index in [0.717, 1.165) is 18.4 Å². The Kier molecular flexibility index (Phi) is 15.0. The SMILES string of the molecule is CCCCCCCCCCCCCCCCCCCc1cc(O)ccc1O. The highest BCUT2D eigenvalue weighted by atomic mass is 16.3. The number of rotatable bonds is 18. The molecule has 0 spiro atoms. The van der Waals surface area contributed by atoms with Gasteiger partial charge in [-0.05, 0) is 36.6 Å². The number of aromatic hydroxyl groups is 2. The standard InChI is InChI=1S/C25H44O2/c1-2-3-4-5-6-7-8-9-10-11-12-13-14-15-16-17-18-19-23-22-24(26)20-21-25(23)27/h20-22,26-27H,2-19H2,1H3. The minimum absolute atomic E-state index is 0.245. The molecule has 27 heavy (non-hydrogen) atoms. The Labute approximate surface area is 168 Å². The summed E-state index contributed by atoms with van der Waals surface area (Å²) in [4.78, 5) is 0. The van der Waals surface area contributed by atoms with E-state index in [4.69, 9.17) is 0 Å². The molecule has 0 saturated carbocycles. The van der Waals surface area contributed by atoms with Crippen molar-refractivity contribution in [3.8, 4) is 11.5 Å². The Morgan fingerprint density at radius 1 is 0.556 bits per heavy atom. The average Bonchev–Trinajstić information content (AvgIpc) is 2.67. The Morgan fingerprint density at radius 3 is 1.41 bits per heavy atom. The van der Waals surface area contributed by atoms with Crippen LogP contribution in [0.2, 0.25) is 0 Å². The monoisotopic (exact) mass is 376 g/mol. The maximum absolute atomic E-state index is 9.76. The molecule has 1 rings (SSSR count). The largest absolute Gasteiger partial charge is 0.508 e. The lowest BCUT2D eigenvalue weighted by Gasteiger charge is -2.06. The van der Waals surface area contributed by atoms with E-state index >= 15 is 0 Å². The molecule has 2 heteroatoms. The van der Waals surface area contributed by atoms with Gasteiger partial charge in [-0.3, -0.25) is 0 Å². The summed E-state index contributed by atoms with van der Waals surface area (Å²) in [6.45, 7) is 2.28. The summed E-state index contributed by atoms with van der Waals surface area (Å²) < 4.78 is 0. The van der Waals surface area contributed by atoms with E-state index in [-0.39, 0.29) is 5.75 Å². The number of hydrogen-bond donors (Lipinski definition) is 2. The van der Waals surface area contributed by atoms with Crippen molar-refractivity contribution in [2.75, 3.05) is 0 Å². The van der Waals surface area contributed by atoms with Gasteiger partial charge >= 0.3 is 0 Å². The fraction of sp³-hybridized carbons (Fsp3) is 0.760. The van der Waals surface area contributed by atoms with Crippen LogP contribution in [0.5, 0.6) is 11.5 Å². The van der Waals surface area contributed by atoms with Crippen LogP contribution in [0.3, 0.4) is 0 Å². The van der Waals surface area contributed by atoms with Gasteiger partial charge in [-0.25, -0.2) is 0 Å². The van der Waals surface area contributed by atoms with Crippen molar-refractivity contribution >= 4 is 0 Å². The Bertz CT molecular complexity index is 456. The lowest BCUT2D eigenvalue weighted by Crippen LogP contribution is -1.88. The van der Waals surface area contributed by atoms with Gasteiger partial charge in [-0.2, -0.15) is 0 Å². The number of unbranched alkanes of at least 4 members (excludes halogenated alkanes) is 16. The van der Waals surface area contributed by atoms with Crippen LogP contribution in [0.15, 0.2) is 18.2 Å². The van der Waals surface area contributed by atoms with Crippen molar-refractivity contribution < 1.29 is 10.2 Å². The quantitative estimate of drug-likeness (QED) is 0.200. The normalized spacial score (nSPS) is 11.1. The molecule has 0 bridgehead atoms. The summed E-state index contributed by atoms with van der Waals surface area (Å²) in [5.41, 5.74) is 0.871. The fourth-order valence-electron chi connectivity index (χ4n) is 3.81.